The van der Waals surface area contributed by atoms with Crippen LogP contribution < -0.4 is 25.4 Å². The van der Waals surface area contributed by atoms with E-state index < -0.39 is 17.5 Å². The monoisotopic (exact) mass is 483 g/mol. The summed E-state index contributed by atoms with van der Waals surface area (Å²) < 4.78 is 10.7. The molecule has 2 fully saturated rings. The minimum absolute atomic E-state index is 0.117. The van der Waals surface area contributed by atoms with Crippen molar-refractivity contribution in [2.75, 3.05) is 32.0 Å². The van der Waals surface area contributed by atoms with Crippen LogP contribution in [-0.2, 0) is 9.59 Å². The van der Waals surface area contributed by atoms with Crippen LogP contribution in [0.3, 0.4) is 0 Å². The fraction of sp³-hybridized carbons (Fsp3) is 0.348. The summed E-state index contributed by atoms with van der Waals surface area (Å²) in [6, 6.07) is 14.6. The van der Waals surface area contributed by atoms with Gasteiger partial charge in [-0.25, -0.2) is 4.79 Å². The molecule has 3 aliphatic heterocycles. The molecule has 0 bridgehead atoms. The molecule has 0 saturated carbocycles. The molecule has 34 heavy (non-hydrogen) atoms. The Morgan fingerprint density at radius 2 is 1.85 bits per heavy atom. The van der Waals surface area contributed by atoms with Gasteiger partial charge in [-0.2, -0.15) is 0 Å². The number of anilines is 1. The average molecular weight is 484 g/mol. The van der Waals surface area contributed by atoms with E-state index in [0.717, 1.165) is 10.5 Å². The van der Waals surface area contributed by atoms with Gasteiger partial charge in [-0.05, 0) is 17.7 Å². The summed E-state index contributed by atoms with van der Waals surface area (Å²) in [4.78, 5) is 41.0. The van der Waals surface area contributed by atoms with Crippen molar-refractivity contribution in [2.24, 2.45) is 5.92 Å². The molecule has 5 rings (SSSR count). The highest BCUT2D eigenvalue weighted by Gasteiger charge is 2.51. The zero-order chi connectivity index (χ0) is 23.8. The lowest BCUT2D eigenvalue weighted by atomic mass is 9.96. The number of ether oxygens (including phenoxy) is 2. The third-order valence-corrected chi connectivity index (χ3v) is 7.36. The van der Waals surface area contributed by atoms with Crippen LogP contribution in [0, 0.1) is 5.92 Å². The predicted molar refractivity (Wildman–Crippen MR) is 126 cm³/mol. The Bertz CT molecular complexity index is 1120. The van der Waals surface area contributed by atoms with E-state index in [-0.39, 0.29) is 36.6 Å². The highest BCUT2D eigenvalue weighted by molar-refractivity contribution is 8.00. The van der Waals surface area contributed by atoms with Crippen molar-refractivity contribution in [2.45, 2.75) is 17.7 Å². The lowest BCUT2D eigenvalue weighted by Crippen LogP contribution is -2.72. The summed E-state index contributed by atoms with van der Waals surface area (Å²) in [6.07, 6.45) is -0.791. The predicted octanol–water partition coefficient (Wildman–Crippen LogP) is 1.77. The Morgan fingerprint density at radius 1 is 1.09 bits per heavy atom. The van der Waals surface area contributed by atoms with E-state index in [2.05, 4.69) is 16.0 Å². The maximum absolute atomic E-state index is 13.1. The third kappa shape index (κ3) is 4.17. The molecular weight excluding hydrogens is 458 g/mol. The molecule has 3 aliphatic rings. The van der Waals surface area contributed by atoms with Crippen molar-refractivity contribution < 1.29 is 23.9 Å². The Morgan fingerprint density at radius 3 is 2.65 bits per heavy atom. The van der Waals surface area contributed by atoms with Gasteiger partial charge in [-0.15, -0.1) is 11.8 Å². The highest BCUT2D eigenvalue weighted by atomic mass is 32.2. The van der Waals surface area contributed by atoms with Gasteiger partial charge in [0.2, 0.25) is 18.6 Å². The number of nitrogens with zero attached hydrogens (tertiary/aromatic N) is 2. The number of carbonyl (C=O) groups excluding carboxylic acids is 3. The van der Waals surface area contributed by atoms with Gasteiger partial charge in [0, 0.05) is 25.8 Å². The molecule has 11 heteroatoms. The molecule has 2 saturated heterocycles. The summed E-state index contributed by atoms with van der Waals surface area (Å²) in [5.74, 6) is 0.290. The molecule has 2 aromatic rings. The minimum atomic E-state index is -0.559. The molecule has 178 valence electrons. The number of urea groups is 1. The Balaban J connectivity index is 1.32. The van der Waals surface area contributed by atoms with E-state index in [4.69, 9.17) is 9.47 Å². The van der Waals surface area contributed by atoms with E-state index in [1.165, 1.54) is 18.8 Å². The van der Waals surface area contributed by atoms with Gasteiger partial charge in [0.1, 0.15) is 0 Å². The number of imide groups is 1. The summed E-state index contributed by atoms with van der Waals surface area (Å²) in [5, 5.41) is 9.31. The van der Waals surface area contributed by atoms with Crippen molar-refractivity contribution in [1.29, 1.82) is 0 Å². The fourth-order valence-corrected chi connectivity index (χ4v) is 5.48. The summed E-state index contributed by atoms with van der Waals surface area (Å²) >= 11 is 1.34. The fourth-order valence-electron chi connectivity index (χ4n) is 4.37. The third-order valence-electron chi connectivity index (χ3n) is 6.14. The molecule has 0 aliphatic carbocycles. The van der Waals surface area contributed by atoms with Crippen LogP contribution in [-0.4, -0.2) is 65.8 Å². The van der Waals surface area contributed by atoms with Crippen molar-refractivity contribution in [3.8, 4) is 11.5 Å². The number of fused-ring (bicyclic) bond motifs is 2. The number of rotatable bonds is 5. The van der Waals surface area contributed by atoms with Crippen LogP contribution in [0.5, 0.6) is 11.5 Å². The van der Waals surface area contributed by atoms with Crippen molar-refractivity contribution in [1.82, 2.24) is 20.4 Å². The van der Waals surface area contributed by atoms with Gasteiger partial charge >= 0.3 is 6.03 Å². The van der Waals surface area contributed by atoms with Crippen LogP contribution in [0.15, 0.2) is 48.5 Å². The number of amides is 4. The molecule has 2 aromatic carbocycles. The van der Waals surface area contributed by atoms with E-state index in [0.29, 0.717) is 17.2 Å². The van der Waals surface area contributed by atoms with Gasteiger partial charge in [0.15, 0.2) is 11.5 Å². The van der Waals surface area contributed by atoms with Gasteiger partial charge in [0.25, 0.3) is 0 Å². The molecule has 4 amide bonds. The first-order chi connectivity index (χ1) is 16.4. The van der Waals surface area contributed by atoms with Crippen LogP contribution in [0.4, 0.5) is 10.5 Å². The van der Waals surface area contributed by atoms with Crippen LogP contribution >= 0.6 is 11.8 Å². The lowest BCUT2D eigenvalue weighted by molar-refractivity contribution is -0.140. The summed E-state index contributed by atoms with van der Waals surface area (Å²) in [7, 11) is 3.16. The van der Waals surface area contributed by atoms with Gasteiger partial charge in [0.05, 0.1) is 29.4 Å². The summed E-state index contributed by atoms with van der Waals surface area (Å²) in [6.45, 7) is 0.161. The topological polar surface area (TPSA) is 112 Å². The van der Waals surface area contributed by atoms with Gasteiger partial charge in [-0.1, -0.05) is 30.3 Å². The molecule has 3 N–H and O–H groups in total. The first kappa shape index (κ1) is 22.5. The largest absolute Gasteiger partial charge is 0.454 e. The number of thioether (sulfide) groups is 1. The maximum atomic E-state index is 13.1. The molecule has 4 unspecified atom stereocenters. The van der Waals surface area contributed by atoms with Crippen LogP contribution in [0.1, 0.15) is 11.7 Å². The first-order valence-electron chi connectivity index (χ1n) is 10.8. The van der Waals surface area contributed by atoms with Crippen molar-refractivity contribution in [3.63, 3.8) is 0 Å². The number of hydrogen-bond acceptors (Lipinski definition) is 8. The quantitative estimate of drug-likeness (QED) is 0.590. The number of hydrogen-bond donors (Lipinski definition) is 3. The molecule has 3 heterocycles. The van der Waals surface area contributed by atoms with Crippen molar-refractivity contribution in [3.05, 3.63) is 54.1 Å². The zero-order valence-electron chi connectivity index (χ0n) is 18.7. The van der Waals surface area contributed by atoms with E-state index in [9.17, 15) is 14.4 Å². The number of benzene rings is 2. The normalized spacial score (nSPS) is 25.8. The SMILES string of the molecule is CN1C(=O)C2C(SCC(=O)Nc3ccc4c(c3)OCO4)NC(c3ccccc3)NC2N(C)C1=O. The van der Waals surface area contributed by atoms with Gasteiger partial charge in [-0.3, -0.25) is 25.1 Å². The smallest absolute Gasteiger partial charge is 0.327 e. The van der Waals surface area contributed by atoms with Gasteiger partial charge < -0.3 is 19.7 Å². The Labute approximate surface area is 200 Å². The first-order valence-corrected chi connectivity index (χ1v) is 11.9. The lowest BCUT2D eigenvalue weighted by Gasteiger charge is -2.50. The van der Waals surface area contributed by atoms with E-state index in [1.807, 2.05) is 30.3 Å². The van der Waals surface area contributed by atoms with Crippen molar-refractivity contribution >= 4 is 35.3 Å². The molecule has 0 aromatic heterocycles. The number of nitrogens with one attached hydrogen (secondary N) is 3. The number of carbonyl (C=O) groups is 3. The second kappa shape index (κ2) is 9.16. The second-order valence-electron chi connectivity index (χ2n) is 8.29. The molecular formula is C23H25N5O5S. The molecule has 0 radical (unpaired) electrons. The second-order valence-corrected chi connectivity index (χ2v) is 9.42. The van der Waals surface area contributed by atoms with Crippen LogP contribution in [0.2, 0.25) is 0 Å². The maximum Gasteiger partial charge on any atom is 0.327 e. The average Bonchev–Trinajstić information content (AvgIpc) is 3.33. The summed E-state index contributed by atoms with van der Waals surface area (Å²) in [5.41, 5.74) is 1.58. The van der Waals surface area contributed by atoms with E-state index >= 15 is 0 Å². The Kier molecular flexibility index (Phi) is 6.07. The zero-order valence-corrected chi connectivity index (χ0v) is 19.5. The highest BCUT2D eigenvalue weighted by Crippen LogP contribution is 2.36. The molecule has 10 nitrogen and oxygen atoms in total. The molecule has 4 atom stereocenters. The van der Waals surface area contributed by atoms with E-state index in [1.54, 1.807) is 30.1 Å². The molecule has 0 spiro atoms. The minimum Gasteiger partial charge on any atom is -0.454 e. The van der Waals surface area contributed by atoms with Crippen LogP contribution in [0.25, 0.3) is 0 Å². The standard InChI is InChI=1S/C23H25N5O5S/c1-27-20-18(22(30)28(2)23(27)31)21(26-19(25-20)13-6-4-3-5-7-13)34-11-17(29)24-14-8-9-15-16(10-14)33-12-32-15/h3-10,18-21,25-26H,11-12H2,1-2H3,(H,24,29). The Hall–Kier alpha value is -3.28.